The Hall–Kier alpha value is -3.62. The smallest absolute Gasteiger partial charge is 0.273 e. The molecular weight excluding hydrogens is 390 g/mol. The van der Waals surface area contributed by atoms with E-state index >= 15 is 0 Å². The SMILES string of the molecule is CN(C(=O)c1nccc2cc(Nc3n[nH]c4ncccc34)ccc12)C1CC(F)(F)C1. The van der Waals surface area contributed by atoms with Crippen LogP contribution >= 0.6 is 0 Å². The molecule has 2 N–H and O–H groups in total. The van der Waals surface area contributed by atoms with Crippen LogP contribution in [0.2, 0.25) is 0 Å². The highest BCUT2D eigenvalue weighted by molar-refractivity contribution is 6.06. The minimum absolute atomic E-state index is 0.256. The Bertz CT molecular complexity index is 1260. The van der Waals surface area contributed by atoms with E-state index in [4.69, 9.17) is 0 Å². The van der Waals surface area contributed by atoms with Gasteiger partial charge in [0.05, 0.1) is 5.39 Å². The molecule has 7 nitrogen and oxygen atoms in total. The molecule has 152 valence electrons. The maximum Gasteiger partial charge on any atom is 0.273 e. The van der Waals surface area contributed by atoms with E-state index in [1.165, 1.54) is 4.90 Å². The van der Waals surface area contributed by atoms with Crippen LogP contribution in [-0.2, 0) is 0 Å². The molecule has 0 saturated heterocycles. The number of nitrogens with one attached hydrogen (secondary N) is 2. The van der Waals surface area contributed by atoms with E-state index in [0.29, 0.717) is 16.9 Å². The first kappa shape index (κ1) is 18.4. The summed E-state index contributed by atoms with van der Waals surface area (Å²) in [6.07, 6.45) is 2.63. The molecule has 0 radical (unpaired) electrons. The van der Waals surface area contributed by atoms with Crippen LogP contribution in [0, 0.1) is 0 Å². The number of hydrogen-bond donors (Lipinski definition) is 2. The van der Waals surface area contributed by atoms with Crippen LogP contribution < -0.4 is 5.32 Å². The molecule has 1 amide bonds. The summed E-state index contributed by atoms with van der Waals surface area (Å²) in [4.78, 5) is 22.7. The molecular formula is C21H18F2N6O. The van der Waals surface area contributed by atoms with E-state index in [9.17, 15) is 13.6 Å². The van der Waals surface area contributed by atoms with Gasteiger partial charge >= 0.3 is 0 Å². The second-order valence-corrected chi connectivity index (χ2v) is 7.53. The van der Waals surface area contributed by atoms with Gasteiger partial charge in [0, 0.05) is 49.4 Å². The molecule has 3 heterocycles. The summed E-state index contributed by atoms with van der Waals surface area (Å²) in [6, 6.07) is 10.6. The van der Waals surface area contributed by atoms with Crippen molar-refractivity contribution in [2.75, 3.05) is 12.4 Å². The third-order valence-electron chi connectivity index (χ3n) is 5.50. The minimum Gasteiger partial charge on any atom is -0.338 e. The zero-order chi connectivity index (χ0) is 20.9. The summed E-state index contributed by atoms with van der Waals surface area (Å²) in [5.41, 5.74) is 1.73. The van der Waals surface area contributed by atoms with Gasteiger partial charge in [0.1, 0.15) is 5.69 Å². The summed E-state index contributed by atoms with van der Waals surface area (Å²) < 4.78 is 26.4. The van der Waals surface area contributed by atoms with Gasteiger partial charge in [-0.25, -0.2) is 13.8 Å². The Morgan fingerprint density at radius 2 is 2.00 bits per heavy atom. The van der Waals surface area contributed by atoms with E-state index in [1.807, 2.05) is 24.3 Å². The number of carbonyl (C=O) groups is 1. The van der Waals surface area contributed by atoms with Crippen molar-refractivity contribution in [1.82, 2.24) is 25.1 Å². The first-order valence-electron chi connectivity index (χ1n) is 9.51. The second kappa shape index (κ2) is 6.72. The fraction of sp³-hybridized carbons (Fsp3) is 0.238. The van der Waals surface area contributed by atoms with Crippen LogP contribution in [0.3, 0.4) is 0 Å². The molecule has 1 aliphatic rings. The van der Waals surface area contributed by atoms with Gasteiger partial charge in [-0.1, -0.05) is 0 Å². The van der Waals surface area contributed by atoms with E-state index in [2.05, 4.69) is 25.5 Å². The zero-order valence-electron chi connectivity index (χ0n) is 16.1. The lowest BCUT2D eigenvalue weighted by atomic mass is 9.87. The molecule has 0 bridgehead atoms. The summed E-state index contributed by atoms with van der Waals surface area (Å²) in [7, 11) is 1.55. The molecule has 0 unspecified atom stereocenters. The molecule has 3 aromatic heterocycles. The Kier molecular flexibility index (Phi) is 4.12. The Morgan fingerprint density at radius 3 is 2.80 bits per heavy atom. The largest absolute Gasteiger partial charge is 0.338 e. The molecule has 1 aromatic carbocycles. The van der Waals surface area contributed by atoms with Crippen LogP contribution in [0.25, 0.3) is 21.8 Å². The maximum atomic E-state index is 13.2. The van der Waals surface area contributed by atoms with Gasteiger partial charge in [0.15, 0.2) is 11.5 Å². The number of benzene rings is 1. The number of H-pyrrole nitrogens is 1. The van der Waals surface area contributed by atoms with Crippen LogP contribution in [-0.4, -0.2) is 50.0 Å². The van der Waals surface area contributed by atoms with Crippen molar-refractivity contribution in [3.05, 3.63) is 54.5 Å². The number of nitrogens with zero attached hydrogens (tertiary/aromatic N) is 4. The van der Waals surface area contributed by atoms with Crippen molar-refractivity contribution >= 4 is 39.2 Å². The van der Waals surface area contributed by atoms with Gasteiger partial charge in [-0.3, -0.25) is 14.9 Å². The summed E-state index contributed by atoms with van der Waals surface area (Å²) in [6.45, 7) is 0. The fourth-order valence-electron chi connectivity index (χ4n) is 3.75. The van der Waals surface area contributed by atoms with Crippen molar-refractivity contribution in [3.8, 4) is 0 Å². The van der Waals surface area contributed by atoms with Gasteiger partial charge in [0.2, 0.25) is 0 Å². The molecule has 0 atom stereocenters. The molecule has 30 heavy (non-hydrogen) atoms. The summed E-state index contributed by atoms with van der Waals surface area (Å²) in [5.74, 6) is -2.39. The molecule has 1 aliphatic carbocycles. The van der Waals surface area contributed by atoms with Gasteiger partial charge in [0.25, 0.3) is 11.8 Å². The third kappa shape index (κ3) is 3.12. The molecule has 1 fully saturated rings. The Labute approximate surface area is 170 Å². The highest BCUT2D eigenvalue weighted by Crippen LogP contribution is 2.40. The third-order valence-corrected chi connectivity index (χ3v) is 5.50. The van der Waals surface area contributed by atoms with Gasteiger partial charge in [-0.05, 0) is 41.8 Å². The second-order valence-electron chi connectivity index (χ2n) is 7.53. The number of alkyl halides is 2. The first-order chi connectivity index (χ1) is 14.4. The quantitative estimate of drug-likeness (QED) is 0.531. The summed E-state index contributed by atoms with van der Waals surface area (Å²) >= 11 is 0. The monoisotopic (exact) mass is 408 g/mol. The first-order valence-corrected chi connectivity index (χ1v) is 9.51. The number of amides is 1. The molecule has 4 aromatic rings. The molecule has 1 saturated carbocycles. The molecule has 9 heteroatoms. The Balaban J connectivity index is 1.43. The van der Waals surface area contributed by atoms with Gasteiger partial charge in [-0.2, -0.15) is 5.10 Å². The zero-order valence-corrected chi connectivity index (χ0v) is 16.1. The number of rotatable bonds is 4. The number of fused-ring (bicyclic) bond motifs is 2. The predicted molar refractivity (Wildman–Crippen MR) is 109 cm³/mol. The van der Waals surface area contributed by atoms with E-state index in [1.54, 1.807) is 31.6 Å². The summed E-state index contributed by atoms with van der Waals surface area (Å²) in [5, 5.41) is 12.7. The van der Waals surface area contributed by atoms with E-state index in [0.717, 1.165) is 16.5 Å². The molecule has 0 spiro atoms. The van der Waals surface area contributed by atoms with Crippen LogP contribution in [0.1, 0.15) is 23.3 Å². The van der Waals surface area contributed by atoms with Crippen LogP contribution in [0.15, 0.2) is 48.8 Å². The van der Waals surface area contributed by atoms with Crippen molar-refractivity contribution < 1.29 is 13.6 Å². The highest BCUT2D eigenvalue weighted by atomic mass is 19.3. The van der Waals surface area contributed by atoms with Crippen LogP contribution in [0.5, 0.6) is 0 Å². The number of hydrogen-bond acceptors (Lipinski definition) is 5. The lowest BCUT2D eigenvalue weighted by molar-refractivity contribution is -0.112. The number of halogens is 2. The van der Waals surface area contributed by atoms with Crippen molar-refractivity contribution in [2.45, 2.75) is 24.8 Å². The minimum atomic E-state index is -2.68. The normalized spacial score (nSPS) is 15.8. The number of pyridine rings is 2. The average Bonchev–Trinajstić information content (AvgIpc) is 3.13. The fourth-order valence-corrected chi connectivity index (χ4v) is 3.75. The lowest BCUT2D eigenvalue weighted by Gasteiger charge is -2.40. The molecule has 5 rings (SSSR count). The number of aromatic amines is 1. The van der Waals surface area contributed by atoms with Gasteiger partial charge < -0.3 is 10.2 Å². The standard InChI is InChI=1S/C21H18F2N6O/c1-29(14-10-21(22,23)11-14)20(30)17-15-5-4-13(9-12(15)6-8-24-17)26-19-16-3-2-7-25-18(16)27-28-19/h2-9,14H,10-11H2,1H3,(H2,25,26,27,28). The highest BCUT2D eigenvalue weighted by Gasteiger charge is 2.48. The van der Waals surface area contributed by atoms with Crippen molar-refractivity contribution in [2.24, 2.45) is 0 Å². The van der Waals surface area contributed by atoms with E-state index < -0.39 is 12.0 Å². The Morgan fingerprint density at radius 1 is 1.17 bits per heavy atom. The number of aromatic nitrogens is 4. The number of anilines is 2. The maximum absolute atomic E-state index is 13.2. The van der Waals surface area contributed by atoms with Gasteiger partial charge in [-0.15, -0.1) is 0 Å². The van der Waals surface area contributed by atoms with E-state index in [-0.39, 0.29) is 24.4 Å². The predicted octanol–water partition coefficient (Wildman–Crippen LogP) is 4.12. The van der Waals surface area contributed by atoms with Crippen molar-refractivity contribution in [1.29, 1.82) is 0 Å². The number of carbonyl (C=O) groups excluding carboxylic acids is 1. The lowest BCUT2D eigenvalue weighted by Crippen LogP contribution is -2.51. The van der Waals surface area contributed by atoms with Crippen LogP contribution in [0.4, 0.5) is 20.3 Å². The average molecular weight is 408 g/mol. The topological polar surface area (TPSA) is 86.8 Å². The molecule has 0 aliphatic heterocycles. The van der Waals surface area contributed by atoms with Crippen molar-refractivity contribution in [3.63, 3.8) is 0 Å².